The van der Waals surface area contributed by atoms with E-state index in [2.05, 4.69) is 10.6 Å². The van der Waals surface area contributed by atoms with E-state index in [-0.39, 0.29) is 18.6 Å². The van der Waals surface area contributed by atoms with Crippen LogP contribution in [0, 0.1) is 13.8 Å². The summed E-state index contributed by atoms with van der Waals surface area (Å²) < 4.78 is 27.6. The van der Waals surface area contributed by atoms with Crippen LogP contribution in [0.4, 0.5) is 0 Å². The second-order valence-corrected chi connectivity index (χ2v) is 8.88. The van der Waals surface area contributed by atoms with Crippen molar-refractivity contribution in [3.63, 3.8) is 0 Å². The summed E-state index contributed by atoms with van der Waals surface area (Å²) in [6.45, 7) is 7.69. The molecule has 1 fully saturated rings. The van der Waals surface area contributed by atoms with Gasteiger partial charge in [0.15, 0.2) is 0 Å². The number of nitrogens with zero attached hydrogens (tertiary/aromatic N) is 1. The number of amides is 2. The molecule has 1 heterocycles. The van der Waals surface area contributed by atoms with E-state index in [1.54, 1.807) is 32.9 Å². The lowest BCUT2D eigenvalue weighted by Crippen LogP contribution is -2.48. The van der Waals surface area contributed by atoms with Gasteiger partial charge < -0.3 is 10.6 Å². The van der Waals surface area contributed by atoms with Gasteiger partial charge in [-0.05, 0) is 57.7 Å². The fourth-order valence-corrected chi connectivity index (χ4v) is 5.06. The van der Waals surface area contributed by atoms with Crippen LogP contribution in [0.2, 0.25) is 0 Å². The molecule has 26 heavy (non-hydrogen) atoms. The van der Waals surface area contributed by atoms with Crippen molar-refractivity contribution in [3.8, 4) is 0 Å². The van der Waals surface area contributed by atoms with Gasteiger partial charge in [0.2, 0.25) is 10.0 Å². The number of sulfonamides is 1. The zero-order valence-corrected chi connectivity index (χ0v) is 16.5. The Bertz CT molecular complexity index is 790. The van der Waals surface area contributed by atoms with Crippen LogP contribution < -0.4 is 10.6 Å². The second-order valence-electron chi connectivity index (χ2n) is 7.02. The molecule has 1 saturated heterocycles. The maximum Gasteiger partial charge on any atom is 0.309 e. The first kappa shape index (κ1) is 20.4. The number of nitrogens with one attached hydrogen (secondary N) is 2. The molecule has 1 atom stereocenters. The Labute approximate surface area is 155 Å². The highest BCUT2D eigenvalue weighted by Crippen LogP contribution is 2.28. The van der Waals surface area contributed by atoms with Gasteiger partial charge in [-0.25, -0.2) is 8.42 Å². The van der Waals surface area contributed by atoms with E-state index in [0.29, 0.717) is 23.4 Å². The maximum absolute atomic E-state index is 13.1. The summed E-state index contributed by atoms with van der Waals surface area (Å²) >= 11 is 0. The summed E-state index contributed by atoms with van der Waals surface area (Å²) in [5.41, 5.74) is 1.57. The zero-order valence-electron chi connectivity index (χ0n) is 15.7. The van der Waals surface area contributed by atoms with Gasteiger partial charge in [0.1, 0.15) is 0 Å². The molecule has 0 aliphatic carbocycles. The summed E-state index contributed by atoms with van der Waals surface area (Å²) in [5.74, 6) is -1.45. The fraction of sp³-hybridized carbons (Fsp3) is 0.556. The normalized spacial score (nSPS) is 18.1. The van der Waals surface area contributed by atoms with Gasteiger partial charge in [-0.15, -0.1) is 0 Å². The molecule has 0 saturated carbocycles. The Balaban J connectivity index is 2.11. The van der Waals surface area contributed by atoms with E-state index in [4.69, 9.17) is 0 Å². The molecule has 0 aromatic heterocycles. The minimum absolute atomic E-state index is 0.119. The number of rotatable bonds is 5. The Morgan fingerprint density at radius 2 is 1.92 bits per heavy atom. The quantitative estimate of drug-likeness (QED) is 0.747. The van der Waals surface area contributed by atoms with E-state index in [0.717, 1.165) is 12.0 Å². The largest absolute Gasteiger partial charge is 0.346 e. The molecular formula is C18H27N3O4S. The van der Waals surface area contributed by atoms with Gasteiger partial charge in [-0.2, -0.15) is 4.31 Å². The molecule has 8 heteroatoms. The molecule has 0 unspecified atom stereocenters. The first-order valence-corrected chi connectivity index (χ1v) is 10.2. The molecular weight excluding hydrogens is 354 g/mol. The Hall–Kier alpha value is -1.93. The van der Waals surface area contributed by atoms with Crippen molar-refractivity contribution >= 4 is 21.8 Å². The van der Waals surface area contributed by atoms with Crippen molar-refractivity contribution in [2.24, 2.45) is 0 Å². The van der Waals surface area contributed by atoms with Crippen LogP contribution in [0.25, 0.3) is 0 Å². The average molecular weight is 381 g/mol. The first-order valence-electron chi connectivity index (χ1n) is 8.80. The highest BCUT2D eigenvalue weighted by molar-refractivity contribution is 7.89. The molecule has 1 aromatic rings. The van der Waals surface area contributed by atoms with E-state index in [9.17, 15) is 18.0 Å². The Morgan fingerprint density at radius 1 is 1.23 bits per heavy atom. The summed E-state index contributed by atoms with van der Waals surface area (Å²) in [6.07, 6.45) is 1.37. The Kier molecular flexibility index (Phi) is 6.41. The molecule has 2 amide bonds. The van der Waals surface area contributed by atoms with Crippen LogP contribution in [0.5, 0.6) is 0 Å². The standard InChI is InChI=1S/C18H27N3O4S/c1-12(2)20-18(23)17(22)19-11-15-6-5-9-21(15)26(24,25)16-10-13(3)7-8-14(16)4/h7-8,10,12,15H,5-6,9,11H2,1-4H3,(H,19,22)(H,20,23)/t15-/m0/s1. The summed E-state index contributed by atoms with van der Waals surface area (Å²) in [6, 6.07) is 4.86. The van der Waals surface area contributed by atoms with Crippen molar-refractivity contribution in [1.82, 2.24) is 14.9 Å². The third kappa shape index (κ3) is 4.62. The van der Waals surface area contributed by atoms with E-state index in [1.165, 1.54) is 4.31 Å². The lowest BCUT2D eigenvalue weighted by molar-refractivity contribution is -0.139. The number of benzene rings is 1. The molecule has 0 bridgehead atoms. The van der Waals surface area contributed by atoms with Crippen LogP contribution in [0.3, 0.4) is 0 Å². The number of carbonyl (C=O) groups is 2. The third-order valence-corrected chi connectivity index (χ3v) is 6.47. The third-order valence-electron chi connectivity index (χ3n) is 4.38. The van der Waals surface area contributed by atoms with Gasteiger partial charge in [0.25, 0.3) is 0 Å². The number of carbonyl (C=O) groups excluding carboxylic acids is 2. The van der Waals surface area contributed by atoms with Crippen LogP contribution in [-0.4, -0.2) is 49.7 Å². The van der Waals surface area contributed by atoms with Crippen LogP contribution in [0.1, 0.15) is 37.8 Å². The van der Waals surface area contributed by atoms with E-state index < -0.39 is 21.8 Å². The minimum Gasteiger partial charge on any atom is -0.346 e. The van der Waals surface area contributed by atoms with Gasteiger partial charge in [0.05, 0.1) is 4.90 Å². The molecule has 0 spiro atoms. The highest BCUT2D eigenvalue weighted by atomic mass is 32.2. The van der Waals surface area contributed by atoms with Crippen molar-refractivity contribution < 1.29 is 18.0 Å². The summed E-state index contributed by atoms with van der Waals surface area (Å²) in [5, 5.41) is 5.07. The smallest absolute Gasteiger partial charge is 0.309 e. The number of hydrogen-bond donors (Lipinski definition) is 2. The molecule has 2 rings (SSSR count). The fourth-order valence-electron chi connectivity index (χ4n) is 3.06. The Morgan fingerprint density at radius 3 is 2.58 bits per heavy atom. The molecule has 0 radical (unpaired) electrons. The molecule has 1 aliphatic rings. The maximum atomic E-state index is 13.1. The lowest BCUT2D eigenvalue weighted by atomic mass is 10.2. The number of aryl methyl sites for hydroxylation is 2. The van der Waals surface area contributed by atoms with Crippen molar-refractivity contribution in [1.29, 1.82) is 0 Å². The lowest BCUT2D eigenvalue weighted by Gasteiger charge is -2.25. The van der Waals surface area contributed by atoms with Gasteiger partial charge in [-0.3, -0.25) is 9.59 Å². The van der Waals surface area contributed by atoms with Gasteiger partial charge in [-0.1, -0.05) is 12.1 Å². The highest BCUT2D eigenvalue weighted by Gasteiger charge is 2.36. The van der Waals surface area contributed by atoms with Crippen LogP contribution in [0.15, 0.2) is 23.1 Å². The van der Waals surface area contributed by atoms with E-state index in [1.807, 2.05) is 13.0 Å². The summed E-state index contributed by atoms with van der Waals surface area (Å²) in [4.78, 5) is 23.9. The van der Waals surface area contributed by atoms with Crippen molar-refractivity contribution in [3.05, 3.63) is 29.3 Å². The van der Waals surface area contributed by atoms with E-state index >= 15 is 0 Å². The predicted octanol–water partition coefficient (Wildman–Crippen LogP) is 1.10. The van der Waals surface area contributed by atoms with Gasteiger partial charge in [0, 0.05) is 25.2 Å². The van der Waals surface area contributed by atoms with Crippen LogP contribution in [-0.2, 0) is 19.6 Å². The minimum atomic E-state index is -3.65. The molecule has 7 nitrogen and oxygen atoms in total. The number of hydrogen-bond acceptors (Lipinski definition) is 4. The first-order chi connectivity index (χ1) is 12.1. The molecule has 1 aliphatic heterocycles. The SMILES string of the molecule is Cc1ccc(C)c(S(=O)(=O)N2CCC[C@H]2CNC(=O)C(=O)NC(C)C)c1. The van der Waals surface area contributed by atoms with Crippen molar-refractivity contribution in [2.45, 2.75) is 57.5 Å². The van der Waals surface area contributed by atoms with Crippen molar-refractivity contribution in [2.75, 3.05) is 13.1 Å². The zero-order chi connectivity index (χ0) is 19.5. The molecule has 144 valence electrons. The average Bonchev–Trinajstić information content (AvgIpc) is 3.03. The second kappa shape index (κ2) is 8.18. The topological polar surface area (TPSA) is 95.6 Å². The van der Waals surface area contributed by atoms with Crippen LogP contribution >= 0.6 is 0 Å². The molecule has 2 N–H and O–H groups in total. The summed E-state index contributed by atoms with van der Waals surface area (Å²) in [7, 11) is -3.65. The molecule has 1 aromatic carbocycles. The monoisotopic (exact) mass is 381 g/mol. The van der Waals surface area contributed by atoms with Gasteiger partial charge >= 0.3 is 11.8 Å². The predicted molar refractivity (Wildman–Crippen MR) is 99.1 cm³/mol.